The molecule has 0 radical (unpaired) electrons. The monoisotopic (exact) mass is 356 g/mol. The van der Waals surface area contributed by atoms with E-state index in [0.717, 1.165) is 19.4 Å². The van der Waals surface area contributed by atoms with Crippen molar-refractivity contribution < 1.29 is 15.0 Å². The fourth-order valence-electron chi connectivity index (χ4n) is 3.65. The van der Waals surface area contributed by atoms with Crippen molar-refractivity contribution >= 4 is 5.91 Å². The van der Waals surface area contributed by atoms with Crippen LogP contribution in [0.2, 0.25) is 0 Å². The first-order chi connectivity index (χ1) is 12.2. The number of carbonyl (C=O) groups excluding carboxylic acids is 1. The Kier molecular flexibility index (Phi) is 13.0. The molecule has 0 aromatic heterocycles. The van der Waals surface area contributed by atoms with Gasteiger partial charge >= 0.3 is 0 Å². The molecule has 1 aliphatic rings. The molecule has 5 nitrogen and oxygen atoms in total. The first-order valence-electron chi connectivity index (χ1n) is 10.5. The Morgan fingerprint density at radius 3 is 2.24 bits per heavy atom. The predicted octanol–water partition coefficient (Wildman–Crippen LogP) is 2.74. The minimum atomic E-state index is -0.549. The van der Waals surface area contributed by atoms with Crippen molar-refractivity contribution in [1.82, 2.24) is 10.6 Å². The first-order valence-corrected chi connectivity index (χ1v) is 10.5. The van der Waals surface area contributed by atoms with Crippen molar-refractivity contribution in [3.8, 4) is 0 Å². The Balaban J connectivity index is 2.09. The van der Waals surface area contributed by atoms with Crippen molar-refractivity contribution in [3.63, 3.8) is 0 Å². The minimum Gasteiger partial charge on any atom is -0.394 e. The second-order valence-corrected chi connectivity index (χ2v) is 7.58. The molecule has 0 saturated carbocycles. The molecule has 0 bridgehead atoms. The number of amides is 1. The third-order valence-corrected chi connectivity index (χ3v) is 5.33. The molecule has 1 saturated heterocycles. The van der Waals surface area contributed by atoms with Gasteiger partial charge in [0.25, 0.3) is 0 Å². The van der Waals surface area contributed by atoms with Gasteiger partial charge in [-0.15, -0.1) is 0 Å². The second-order valence-electron chi connectivity index (χ2n) is 7.58. The molecule has 148 valence electrons. The summed E-state index contributed by atoms with van der Waals surface area (Å²) in [6.07, 6.45) is 15.4. The molecule has 2 atom stereocenters. The van der Waals surface area contributed by atoms with Crippen LogP contribution in [0.4, 0.5) is 0 Å². The van der Waals surface area contributed by atoms with Crippen LogP contribution >= 0.6 is 0 Å². The van der Waals surface area contributed by atoms with Gasteiger partial charge in [0.05, 0.1) is 25.3 Å². The van der Waals surface area contributed by atoms with Gasteiger partial charge in [-0.2, -0.15) is 0 Å². The molecule has 1 amide bonds. The highest BCUT2D eigenvalue weighted by Gasteiger charge is 2.27. The van der Waals surface area contributed by atoms with Gasteiger partial charge in [0.1, 0.15) is 0 Å². The molecule has 1 fully saturated rings. The van der Waals surface area contributed by atoms with Gasteiger partial charge in [-0.3, -0.25) is 4.79 Å². The summed E-state index contributed by atoms with van der Waals surface area (Å²) in [6.45, 7) is 2.68. The highest BCUT2D eigenvalue weighted by Crippen LogP contribution is 2.23. The predicted molar refractivity (Wildman–Crippen MR) is 102 cm³/mol. The van der Waals surface area contributed by atoms with Crippen LogP contribution in [0.3, 0.4) is 0 Å². The number of aliphatic hydroxyl groups is 2. The number of unbranched alkanes of at least 4 members (excludes halogenated alkanes) is 8. The van der Waals surface area contributed by atoms with Gasteiger partial charge in [0, 0.05) is 0 Å². The lowest BCUT2D eigenvalue weighted by Crippen LogP contribution is -2.52. The normalized spacial score (nSPS) is 20.8. The standard InChI is InChI=1S/C20H40N2O3/c1-2-3-4-5-6-7-8-9-10-11-17-12-13-21-19(14-17)20(25)22-18(15-23)16-24/h17-19,21,23-24H,2-16H2,1H3,(H,22,25)/t17-,19+/m1/s1. The Morgan fingerprint density at radius 1 is 1.04 bits per heavy atom. The Morgan fingerprint density at radius 2 is 1.64 bits per heavy atom. The Hall–Kier alpha value is -0.650. The van der Waals surface area contributed by atoms with Crippen molar-refractivity contribution in [2.75, 3.05) is 19.8 Å². The molecule has 1 aliphatic heterocycles. The molecule has 5 heteroatoms. The molecule has 0 aromatic rings. The van der Waals surface area contributed by atoms with E-state index in [-0.39, 0.29) is 25.2 Å². The maximum absolute atomic E-state index is 12.2. The van der Waals surface area contributed by atoms with E-state index >= 15 is 0 Å². The van der Waals surface area contributed by atoms with E-state index < -0.39 is 6.04 Å². The maximum atomic E-state index is 12.2. The van der Waals surface area contributed by atoms with Gasteiger partial charge in [-0.05, 0) is 25.3 Å². The Bertz CT molecular complexity index is 335. The van der Waals surface area contributed by atoms with Crippen molar-refractivity contribution in [2.45, 2.75) is 96.1 Å². The van der Waals surface area contributed by atoms with Crippen molar-refractivity contribution in [2.24, 2.45) is 5.92 Å². The van der Waals surface area contributed by atoms with Crippen molar-refractivity contribution in [3.05, 3.63) is 0 Å². The summed E-state index contributed by atoms with van der Waals surface area (Å²) in [6, 6.07) is -0.732. The van der Waals surface area contributed by atoms with E-state index in [1.54, 1.807) is 0 Å². The van der Waals surface area contributed by atoms with Gasteiger partial charge in [-0.25, -0.2) is 0 Å². The molecule has 0 unspecified atom stereocenters. The first kappa shape index (κ1) is 22.4. The second kappa shape index (κ2) is 14.5. The Labute approximate surface area is 154 Å². The quantitative estimate of drug-likeness (QED) is 0.361. The van der Waals surface area contributed by atoms with E-state index in [1.165, 1.54) is 64.2 Å². The lowest BCUT2D eigenvalue weighted by molar-refractivity contribution is -0.125. The van der Waals surface area contributed by atoms with Gasteiger partial charge < -0.3 is 20.8 Å². The minimum absolute atomic E-state index is 0.0927. The summed E-state index contributed by atoms with van der Waals surface area (Å²) in [5.41, 5.74) is 0. The van der Waals surface area contributed by atoms with Gasteiger partial charge in [0.2, 0.25) is 5.91 Å². The molecule has 0 aliphatic carbocycles. The number of aliphatic hydroxyl groups excluding tert-OH is 2. The van der Waals surface area contributed by atoms with Crippen LogP contribution < -0.4 is 10.6 Å². The average molecular weight is 357 g/mol. The zero-order valence-electron chi connectivity index (χ0n) is 16.1. The SMILES string of the molecule is CCCCCCCCCCC[C@@H]1CCN[C@H](C(=O)NC(CO)CO)C1. The molecule has 1 rings (SSSR count). The molecule has 4 N–H and O–H groups in total. The fourth-order valence-corrected chi connectivity index (χ4v) is 3.65. The third kappa shape index (κ3) is 10.2. The zero-order valence-corrected chi connectivity index (χ0v) is 16.1. The number of hydrogen-bond donors (Lipinski definition) is 4. The average Bonchev–Trinajstić information content (AvgIpc) is 2.64. The van der Waals surface area contributed by atoms with E-state index in [2.05, 4.69) is 17.6 Å². The summed E-state index contributed by atoms with van der Waals surface area (Å²) >= 11 is 0. The summed E-state index contributed by atoms with van der Waals surface area (Å²) in [5, 5.41) is 24.1. The van der Waals surface area contributed by atoms with Crippen LogP contribution in [-0.2, 0) is 4.79 Å². The zero-order chi connectivity index (χ0) is 18.3. The van der Waals surface area contributed by atoms with Crippen LogP contribution in [0.15, 0.2) is 0 Å². The van der Waals surface area contributed by atoms with Crippen LogP contribution in [-0.4, -0.2) is 48.0 Å². The molecular formula is C20H40N2O3. The lowest BCUT2D eigenvalue weighted by atomic mass is 9.87. The largest absolute Gasteiger partial charge is 0.394 e. The summed E-state index contributed by atoms with van der Waals surface area (Å²) in [7, 11) is 0. The smallest absolute Gasteiger partial charge is 0.237 e. The summed E-state index contributed by atoms with van der Waals surface area (Å²) in [4.78, 5) is 12.2. The van der Waals surface area contributed by atoms with Crippen LogP contribution in [0.5, 0.6) is 0 Å². The van der Waals surface area contributed by atoms with Crippen LogP contribution in [0, 0.1) is 5.92 Å². The maximum Gasteiger partial charge on any atom is 0.237 e. The number of carbonyl (C=O) groups is 1. The highest BCUT2D eigenvalue weighted by molar-refractivity contribution is 5.82. The molecular weight excluding hydrogens is 316 g/mol. The topological polar surface area (TPSA) is 81.6 Å². The third-order valence-electron chi connectivity index (χ3n) is 5.33. The molecule has 0 spiro atoms. The van der Waals surface area contributed by atoms with E-state index in [1.807, 2.05) is 0 Å². The summed E-state index contributed by atoms with van der Waals surface area (Å²) < 4.78 is 0. The molecule has 25 heavy (non-hydrogen) atoms. The van der Waals surface area contributed by atoms with E-state index in [0.29, 0.717) is 5.92 Å². The summed E-state index contributed by atoms with van der Waals surface area (Å²) in [5.74, 6) is 0.521. The number of rotatable bonds is 14. The van der Waals surface area contributed by atoms with E-state index in [9.17, 15) is 4.79 Å². The van der Waals surface area contributed by atoms with Crippen LogP contribution in [0.25, 0.3) is 0 Å². The fraction of sp³-hybridized carbons (Fsp3) is 0.950. The van der Waals surface area contributed by atoms with Crippen LogP contribution in [0.1, 0.15) is 84.0 Å². The molecule has 1 heterocycles. The van der Waals surface area contributed by atoms with Gasteiger partial charge in [-0.1, -0.05) is 71.1 Å². The number of nitrogens with one attached hydrogen (secondary N) is 2. The lowest BCUT2D eigenvalue weighted by Gasteiger charge is -2.30. The number of hydrogen-bond acceptors (Lipinski definition) is 4. The van der Waals surface area contributed by atoms with E-state index in [4.69, 9.17) is 10.2 Å². The van der Waals surface area contributed by atoms with Gasteiger partial charge in [0.15, 0.2) is 0 Å². The van der Waals surface area contributed by atoms with Crippen molar-refractivity contribution in [1.29, 1.82) is 0 Å². The number of piperidine rings is 1. The molecule has 0 aromatic carbocycles. The highest BCUT2D eigenvalue weighted by atomic mass is 16.3.